The van der Waals surface area contributed by atoms with Crippen molar-refractivity contribution in [2.45, 2.75) is 52.5 Å². The minimum atomic E-state index is -0.318. The molecule has 0 bridgehead atoms. The minimum absolute atomic E-state index is 0.108. The van der Waals surface area contributed by atoms with Crippen LogP contribution < -0.4 is 5.32 Å². The molecule has 0 spiro atoms. The molecule has 1 amide bonds. The molecule has 1 saturated carbocycles. The molecule has 0 radical (unpaired) electrons. The van der Waals surface area contributed by atoms with Crippen molar-refractivity contribution in [1.82, 2.24) is 5.32 Å². The normalized spacial score (nSPS) is 27.1. The van der Waals surface area contributed by atoms with E-state index in [1.807, 2.05) is 20.8 Å². The minimum Gasteiger partial charge on any atom is -0.353 e. The van der Waals surface area contributed by atoms with Gasteiger partial charge in [0.2, 0.25) is 5.91 Å². The van der Waals surface area contributed by atoms with E-state index in [4.69, 9.17) is 0 Å². The zero-order chi connectivity index (χ0) is 11.5. The topological polar surface area (TPSA) is 46.2 Å². The molecule has 1 N–H and O–H groups in total. The third kappa shape index (κ3) is 3.65. The van der Waals surface area contributed by atoms with Gasteiger partial charge in [0, 0.05) is 17.4 Å². The lowest BCUT2D eigenvalue weighted by Crippen LogP contribution is -2.43. The van der Waals surface area contributed by atoms with Gasteiger partial charge in [0.05, 0.1) is 0 Å². The van der Waals surface area contributed by atoms with Gasteiger partial charge in [-0.3, -0.25) is 4.79 Å². The summed E-state index contributed by atoms with van der Waals surface area (Å²) in [5, 5.41) is 3.05. The van der Waals surface area contributed by atoms with Gasteiger partial charge >= 0.3 is 0 Å². The highest BCUT2D eigenvalue weighted by molar-refractivity contribution is 5.81. The maximum atomic E-state index is 11.7. The molecule has 3 heteroatoms. The van der Waals surface area contributed by atoms with Crippen LogP contribution in [0.4, 0.5) is 0 Å². The van der Waals surface area contributed by atoms with Gasteiger partial charge in [0.15, 0.2) is 0 Å². The molecule has 1 aliphatic carbocycles. The maximum absolute atomic E-state index is 11.7. The Morgan fingerprint density at radius 1 is 1.20 bits per heavy atom. The molecule has 0 aromatic heterocycles. The van der Waals surface area contributed by atoms with Crippen LogP contribution >= 0.6 is 0 Å². The highest BCUT2D eigenvalue weighted by Gasteiger charge is 2.26. The molecular formula is C12H21NO2. The van der Waals surface area contributed by atoms with Crippen molar-refractivity contribution in [2.75, 3.05) is 0 Å². The number of hydrogen-bond acceptors (Lipinski definition) is 2. The van der Waals surface area contributed by atoms with Crippen molar-refractivity contribution in [3.8, 4) is 0 Å². The van der Waals surface area contributed by atoms with Gasteiger partial charge in [-0.25, -0.2) is 0 Å². The van der Waals surface area contributed by atoms with Crippen molar-refractivity contribution in [2.24, 2.45) is 11.3 Å². The summed E-state index contributed by atoms with van der Waals surface area (Å²) in [6.45, 7) is 5.75. The standard InChI is InChI=1S/C12H21NO2/c1-12(2,3)11(15)13-10-6-4-9(8-14)5-7-10/h8-10H,4-7H2,1-3H3,(H,13,15). The number of amides is 1. The highest BCUT2D eigenvalue weighted by atomic mass is 16.2. The Morgan fingerprint density at radius 2 is 1.73 bits per heavy atom. The first-order chi connectivity index (χ1) is 6.93. The predicted octanol–water partition coefficient (Wildman–Crippen LogP) is 1.91. The van der Waals surface area contributed by atoms with Gasteiger partial charge in [-0.05, 0) is 25.7 Å². The molecule has 0 saturated heterocycles. The third-order valence-electron chi connectivity index (χ3n) is 2.98. The van der Waals surface area contributed by atoms with E-state index in [0.29, 0.717) is 0 Å². The van der Waals surface area contributed by atoms with Gasteiger partial charge in [-0.15, -0.1) is 0 Å². The Balaban J connectivity index is 2.36. The SMILES string of the molecule is CC(C)(C)C(=O)NC1CCC(C=O)CC1. The molecule has 0 aromatic carbocycles. The number of hydrogen-bond donors (Lipinski definition) is 1. The lowest BCUT2D eigenvalue weighted by atomic mass is 9.86. The Labute approximate surface area is 91.6 Å². The molecule has 86 valence electrons. The summed E-state index contributed by atoms with van der Waals surface area (Å²) < 4.78 is 0. The second-order valence-corrected chi connectivity index (χ2v) is 5.47. The Bertz CT molecular complexity index is 234. The largest absolute Gasteiger partial charge is 0.353 e. The number of aldehydes is 1. The van der Waals surface area contributed by atoms with Gasteiger partial charge in [0.1, 0.15) is 6.29 Å². The summed E-state index contributed by atoms with van der Waals surface area (Å²) in [5.41, 5.74) is -0.318. The first-order valence-corrected chi connectivity index (χ1v) is 5.69. The van der Waals surface area contributed by atoms with Crippen LogP contribution in [0.15, 0.2) is 0 Å². The van der Waals surface area contributed by atoms with Crippen LogP contribution in [-0.2, 0) is 9.59 Å². The molecule has 1 fully saturated rings. The molecule has 0 aliphatic heterocycles. The van der Waals surface area contributed by atoms with E-state index in [0.717, 1.165) is 32.0 Å². The summed E-state index contributed by atoms with van der Waals surface area (Å²) in [6, 6.07) is 0.271. The number of nitrogens with one attached hydrogen (secondary N) is 1. The predicted molar refractivity (Wildman–Crippen MR) is 59.4 cm³/mol. The molecular weight excluding hydrogens is 190 g/mol. The fourth-order valence-corrected chi connectivity index (χ4v) is 1.80. The Kier molecular flexibility index (Phi) is 3.89. The maximum Gasteiger partial charge on any atom is 0.225 e. The van der Waals surface area contributed by atoms with Crippen molar-refractivity contribution in [3.05, 3.63) is 0 Å². The summed E-state index contributed by atoms with van der Waals surface area (Å²) in [4.78, 5) is 22.3. The summed E-state index contributed by atoms with van der Waals surface area (Å²) in [6.07, 6.45) is 4.75. The van der Waals surface area contributed by atoms with E-state index in [-0.39, 0.29) is 23.3 Å². The molecule has 3 nitrogen and oxygen atoms in total. The summed E-state index contributed by atoms with van der Waals surface area (Å²) in [7, 11) is 0. The van der Waals surface area contributed by atoms with Crippen LogP contribution in [0.2, 0.25) is 0 Å². The van der Waals surface area contributed by atoms with E-state index in [2.05, 4.69) is 5.32 Å². The van der Waals surface area contributed by atoms with E-state index < -0.39 is 0 Å². The first-order valence-electron chi connectivity index (χ1n) is 5.69. The molecule has 1 aliphatic rings. The second-order valence-electron chi connectivity index (χ2n) is 5.47. The van der Waals surface area contributed by atoms with Crippen molar-refractivity contribution in [3.63, 3.8) is 0 Å². The van der Waals surface area contributed by atoms with Gasteiger partial charge in [-0.1, -0.05) is 20.8 Å². The smallest absolute Gasteiger partial charge is 0.225 e. The number of carbonyl (C=O) groups is 2. The van der Waals surface area contributed by atoms with Crippen molar-refractivity contribution in [1.29, 1.82) is 0 Å². The van der Waals surface area contributed by atoms with Gasteiger partial charge in [-0.2, -0.15) is 0 Å². The van der Waals surface area contributed by atoms with Crippen molar-refractivity contribution < 1.29 is 9.59 Å². The van der Waals surface area contributed by atoms with E-state index in [1.165, 1.54) is 0 Å². The molecule has 0 aromatic rings. The molecule has 0 atom stereocenters. The fourth-order valence-electron chi connectivity index (χ4n) is 1.80. The monoisotopic (exact) mass is 211 g/mol. The summed E-state index contributed by atoms with van der Waals surface area (Å²) >= 11 is 0. The number of rotatable bonds is 2. The second kappa shape index (κ2) is 4.77. The van der Waals surface area contributed by atoms with Crippen LogP contribution in [0.3, 0.4) is 0 Å². The van der Waals surface area contributed by atoms with Crippen LogP contribution in [0.25, 0.3) is 0 Å². The Hall–Kier alpha value is -0.860. The fraction of sp³-hybridized carbons (Fsp3) is 0.833. The average molecular weight is 211 g/mol. The van der Waals surface area contributed by atoms with Crippen LogP contribution in [0.5, 0.6) is 0 Å². The molecule has 1 rings (SSSR count). The Morgan fingerprint density at radius 3 is 2.13 bits per heavy atom. The summed E-state index contributed by atoms with van der Waals surface area (Å²) in [5.74, 6) is 0.324. The number of carbonyl (C=O) groups excluding carboxylic acids is 2. The zero-order valence-electron chi connectivity index (χ0n) is 9.88. The van der Waals surface area contributed by atoms with Gasteiger partial charge < -0.3 is 10.1 Å². The van der Waals surface area contributed by atoms with Crippen LogP contribution in [0.1, 0.15) is 46.5 Å². The van der Waals surface area contributed by atoms with Crippen LogP contribution in [0, 0.1) is 11.3 Å². The van der Waals surface area contributed by atoms with Crippen LogP contribution in [-0.4, -0.2) is 18.2 Å². The molecule has 0 heterocycles. The van der Waals surface area contributed by atoms with Gasteiger partial charge in [0.25, 0.3) is 0 Å². The lowest BCUT2D eigenvalue weighted by Gasteiger charge is -2.29. The zero-order valence-corrected chi connectivity index (χ0v) is 9.88. The average Bonchev–Trinajstić information content (AvgIpc) is 2.17. The van der Waals surface area contributed by atoms with Crippen molar-refractivity contribution >= 4 is 12.2 Å². The quantitative estimate of drug-likeness (QED) is 0.709. The molecule has 0 unspecified atom stereocenters. The molecule has 15 heavy (non-hydrogen) atoms. The van der Waals surface area contributed by atoms with E-state index in [1.54, 1.807) is 0 Å². The first kappa shape index (κ1) is 12.2. The highest BCUT2D eigenvalue weighted by Crippen LogP contribution is 2.23. The van der Waals surface area contributed by atoms with E-state index >= 15 is 0 Å². The lowest BCUT2D eigenvalue weighted by molar-refractivity contribution is -0.129. The third-order valence-corrected chi connectivity index (χ3v) is 2.98. The van der Waals surface area contributed by atoms with E-state index in [9.17, 15) is 9.59 Å².